The van der Waals surface area contributed by atoms with Gasteiger partial charge in [-0.25, -0.2) is 0 Å². The Bertz CT molecular complexity index is 545. The molecule has 0 bridgehead atoms. The van der Waals surface area contributed by atoms with E-state index in [-0.39, 0.29) is 17.6 Å². The number of hydrogen-bond donors (Lipinski definition) is 2. The van der Waals surface area contributed by atoms with E-state index in [2.05, 4.69) is 49.7 Å². The van der Waals surface area contributed by atoms with Crippen molar-refractivity contribution in [1.29, 1.82) is 0 Å². The molecule has 0 fully saturated rings. The number of aliphatic hydroxyl groups is 1. The summed E-state index contributed by atoms with van der Waals surface area (Å²) in [4.78, 5) is 2.43. The molecule has 2 unspecified atom stereocenters. The van der Waals surface area contributed by atoms with Crippen molar-refractivity contribution in [1.82, 2.24) is 5.32 Å². The number of aliphatic hydroxyl groups excluding tert-OH is 1. The zero-order valence-electron chi connectivity index (χ0n) is 12.6. The topological polar surface area (TPSA) is 32.3 Å². The second-order valence-corrected chi connectivity index (χ2v) is 9.14. The first-order valence-corrected chi connectivity index (χ1v) is 9.13. The van der Waals surface area contributed by atoms with Gasteiger partial charge in [0.25, 0.3) is 0 Å². The minimum atomic E-state index is -0.345. The van der Waals surface area contributed by atoms with Crippen LogP contribution in [0, 0.1) is 5.41 Å². The molecule has 116 valence electrons. The van der Waals surface area contributed by atoms with Crippen LogP contribution in [0.25, 0.3) is 0 Å². The largest absolute Gasteiger partial charge is 0.392 e. The monoisotopic (exact) mass is 343 g/mol. The van der Waals surface area contributed by atoms with Crippen molar-refractivity contribution in [3.8, 4) is 0 Å². The highest BCUT2D eigenvalue weighted by Crippen LogP contribution is 2.33. The fourth-order valence-electron chi connectivity index (χ4n) is 2.31. The molecule has 2 nitrogen and oxygen atoms in total. The molecule has 0 aliphatic heterocycles. The van der Waals surface area contributed by atoms with Gasteiger partial charge in [-0.1, -0.05) is 38.4 Å². The maximum atomic E-state index is 10.2. The molecule has 0 spiro atoms. The quantitative estimate of drug-likeness (QED) is 0.778. The van der Waals surface area contributed by atoms with Gasteiger partial charge in [0.05, 0.1) is 16.5 Å². The van der Waals surface area contributed by atoms with Gasteiger partial charge in [-0.2, -0.15) is 0 Å². The lowest BCUT2D eigenvalue weighted by Gasteiger charge is -2.24. The molecular formula is C16H22ClNOS2. The Hall–Kier alpha value is -0.390. The van der Waals surface area contributed by atoms with Crippen LogP contribution in [0.1, 0.15) is 43.0 Å². The summed E-state index contributed by atoms with van der Waals surface area (Å²) in [5, 5.41) is 15.8. The van der Waals surface area contributed by atoms with Gasteiger partial charge in [0.15, 0.2) is 0 Å². The van der Waals surface area contributed by atoms with Crippen molar-refractivity contribution in [2.45, 2.75) is 39.3 Å². The lowest BCUT2D eigenvalue weighted by molar-refractivity contribution is 0.118. The van der Waals surface area contributed by atoms with E-state index in [1.165, 1.54) is 9.75 Å². The van der Waals surface area contributed by atoms with Crippen LogP contribution in [-0.4, -0.2) is 17.8 Å². The van der Waals surface area contributed by atoms with Crippen LogP contribution in [0.4, 0.5) is 0 Å². The van der Waals surface area contributed by atoms with Crippen molar-refractivity contribution < 1.29 is 5.11 Å². The summed E-state index contributed by atoms with van der Waals surface area (Å²) in [5.74, 6) is 0. The van der Waals surface area contributed by atoms with E-state index in [4.69, 9.17) is 11.6 Å². The molecule has 0 saturated carbocycles. The summed E-state index contributed by atoms with van der Waals surface area (Å²) in [6, 6.07) is 8.26. The van der Waals surface area contributed by atoms with Crippen molar-refractivity contribution in [3.63, 3.8) is 0 Å². The summed E-state index contributed by atoms with van der Waals surface area (Å²) < 4.78 is 0.795. The van der Waals surface area contributed by atoms with Gasteiger partial charge in [0, 0.05) is 16.3 Å². The minimum Gasteiger partial charge on any atom is -0.392 e. The van der Waals surface area contributed by atoms with Crippen LogP contribution in [0.2, 0.25) is 4.34 Å². The summed E-state index contributed by atoms with van der Waals surface area (Å²) in [6.45, 7) is 7.01. The maximum absolute atomic E-state index is 10.2. The van der Waals surface area contributed by atoms with Crippen LogP contribution in [0.15, 0.2) is 29.6 Å². The average molecular weight is 344 g/mol. The second kappa shape index (κ2) is 7.25. The van der Waals surface area contributed by atoms with Crippen molar-refractivity contribution in [3.05, 3.63) is 43.7 Å². The first-order valence-electron chi connectivity index (χ1n) is 7.05. The van der Waals surface area contributed by atoms with Gasteiger partial charge in [-0.3, -0.25) is 0 Å². The van der Waals surface area contributed by atoms with Gasteiger partial charge in [0.2, 0.25) is 0 Å². The Labute approximate surface area is 139 Å². The van der Waals surface area contributed by atoms with Crippen LogP contribution in [0.3, 0.4) is 0 Å². The Kier molecular flexibility index (Phi) is 5.86. The van der Waals surface area contributed by atoms with Crippen LogP contribution >= 0.6 is 34.3 Å². The Morgan fingerprint density at radius 2 is 2.00 bits per heavy atom. The van der Waals surface area contributed by atoms with Crippen LogP contribution in [0.5, 0.6) is 0 Å². The summed E-state index contributed by atoms with van der Waals surface area (Å²) in [6.07, 6.45) is 0.436. The van der Waals surface area contributed by atoms with Gasteiger partial charge in [0.1, 0.15) is 0 Å². The van der Waals surface area contributed by atoms with E-state index in [0.29, 0.717) is 6.54 Å². The highest BCUT2D eigenvalue weighted by molar-refractivity contribution is 7.16. The molecule has 2 N–H and O–H groups in total. The molecule has 5 heteroatoms. The van der Waals surface area contributed by atoms with E-state index >= 15 is 0 Å². The molecule has 0 saturated heterocycles. The van der Waals surface area contributed by atoms with E-state index in [1.807, 2.05) is 6.07 Å². The lowest BCUT2D eigenvalue weighted by Crippen LogP contribution is -2.32. The van der Waals surface area contributed by atoms with Gasteiger partial charge < -0.3 is 10.4 Å². The highest BCUT2D eigenvalue weighted by Gasteiger charge is 2.21. The normalized spacial score (nSPS) is 15.1. The third kappa shape index (κ3) is 5.38. The molecule has 0 aliphatic rings. The maximum Gasteiger partial charge on any atom is 0.0931 e. The molecule has 2 atom stereocenters. The van der Waals surface area contributed by atoms with Crippen molar-refractivity contribution in [2.75, 3.05) is 6.54 Å². The van der Waals surface area contributed by atoms with E-state index in [1.54, 1.807) is 22.7 Å². The Balaban J connectivity index is 2.04. The Morgan fingerprint density at radius 1 is 1.24 bits per heavy atom. The van der Waals surface area contributed by atoms with Gasteiger partial charge >= 0.3 is 0 Å². The van der Waals surface area contributed by atoms with Crippen LogP contribution < -0.4 is 5.32 Å². The molecule has 2 aromatic rings. The summed E-state index contributed by atoms with van der Waals surface area (Å²) in [7, 11) is 0. The average Bonchev–Trinajstić information content (AvgIpc) is 2.99. The highest BCUT2D eigenvalue weighted by atomic mass is 35.5. The third-order valence-electron chi connectivity index (χ3n) is 3.11. The second-order valence-electron chi connectivity index (χ2n) is 6.42. The fourth-order valence-corrected chi connectivity index (χ4v) is 4.36. The number of rotatable bonds is 6. The molecular weight excluding hydrogens is 322 g/mol. The van der Waals surface area contributed by atoms with Gasteiger partial charge in [-0.05, 0) is 35.4 Å². The standard InChI is InChI=1S/C16H22ClNOS2/c1-16(2,3)9-11(19)10-18-15(12-5-4-8-20-12)13-6-7-14(17)21-13/h4-8,11,15,18-19H,9-10H2,1-3H3. The number of thiophene rings is 2. The smallest absolute Gasteiger partial charge is 0.0931 e. The molecule has 2 heterocycles. The van der Waals surface area contributed by atoms with Crippen molar-refractivity contribution >= 4 is 34.3 Å². The number of hydrogen-bond acceptors (Lipinski definition) is 4. The van der Waals surface area contributed by atoms with Crippen molar-refractivity contribution in [2.24, 2.45) is 5.41 Å². The molecule has 21 heavy (non-hydrogen) atoms. The predicted molar refractivity (Wildman–Crippen MR) is 93.6 cm³/mol. The molecule has 2 aromatic heterocycles. The zero-order chi connectivity index (χ0) is 15.5. The molecule has 0 aliphatic carbocycles. The fraction of sp³-hybridized carbons (Fsp3) is 0.500. The molecule has 0 amide bonds. The summed E-state index contributed by atoms with van der Waals surface area (Å²) >= 11 is 9.37. The van der Waals surface area contributed by atoms with E-state index < -0.39 is 0 Å². The molecule has 0 aromatic carbocycles. The van der Waals surface area contributed by atoms with Gasteiger partial charge in [-0.15, -0.1) is 22.7 Å². The predicted octanol–water partition coefficient (Wildman–Crippen LogP) is 4.94. The molecule has 0 radical (unpaired) electrons. The first-order chi connectivity index (χ1) is 9.85. The lowest BCUT2D eigenvalue weighted by atomic mass is 9.89. The summed E-state index contributed by atoms with van der Waals surface area (Å²) in [5.41, 5.74) is 0.131. The molecule has 2 rings (SSSR count). The minimum absolute atomic E-state index is 0.108. The third-order valence-corrected chi connectivity index (χ3v) is 5.34. The van der Waals surface area contributed by atoms with Crippen LogP contribution in [-0.2, 0) is 0 Å². The number of nitrogens with one attached hydrogen (secondary N) is 1. The Morgan fingerprint density at radius 3 is 2.52 bits per heavy atom. The van der Waals surface area contributed by atoms with E-state index in [0.717, 1.165) is 10.8 Å². The zero-order valence-corrected chi connectivity index (χ0v) is 15.0. The van der Waals surface area contributed by atoms with E-state index in [9.17, 15) is 5.11 Å². The first kappa shape index (κ1) is 17.0. The SMILES string of the molecule is CC(C)(C)CC(O)CNC(c1cccs1)c1ccc(Cl)s1. The number of halogens is 1.